The smallest absolute Gasteiger partial charge is 0.146 e. The van der Waals surface area contributed by atoms with Gasteiger partial charge in [-0.1, -0.05) is 30.3 Å². The molecule has 0 atom stereocenters. The molecule has 0 radical (unpaired) electrons. The molecule has 1 saturated heterocycles. The largest absolute Gasteiger partial charge is 0.383 e. The molecule has 3 heterocycles. The maximum absolute atomic E-state index is 10.0. The lowest BCUT2D eigenvalue weighted by Gasteiger charge is -2.31. The van der Waals surface area contributed by atoms with Crippen molar-refractivity contribution in [1.82, 2.24) is 14.8 Å². The van der Waals surface area contributed by atoms with Gasteiger partial charge in [0, 0.05) is 58.5 Å². The van der Waals surface area contributed by atoms with Crippen LogP contribution in [-0.4, -0.2) is 81.0 Å². The highest BCUT2D eigenvalue weighted by atomic mass is 16.5. The van der Waals surface area contributed by atoms with Gasteiger partial charge in [-0.15, -0.1) is 0 Å². The van der Waals surface area contributed by atoms with Crippen molar-refractivity contribution in [1.29, 1.82) is 5.26 Å². The highest BCUT2D eigenvalue weighted by Crippen LogP contribution is 2.32. The van der Waals surface area contributed by atoms with E-state index < -0.39 is 0 Å². The fourth-order valence-corrected chi connectivity index (χ4v) is 4.67. The highest BCUT2D eigenvalue weighted by Gasteiger charge is 2.25. The van der Waals surface area contributed by atoms with E-state index in [0.717, 1.165) is 88.8 Å². The van der Waals surface area contributed by atoms with Gasteiger partial charge in [-0.05, 0) is 30.5 Å². The first-order valence-electron chi connectivity index (χ1n) is 12.3. The maximum Gasteiger partial charge on any atom is 0.146 e. The monoisotopic (exact) mass is 464 g/mol. The Bertz CT molecular complexity index is 956. The molecule has 0 spiro atoms. The molecule has 1 aromatic heterocycles. The summed E-state index contributed by atoms with van der Waals surface area (Å²) in [7, 11) is 1.70. The standard InChI is InChI=1S/C26H36N6O2/c1-33-15-10-29-26-24-20-32(19-21-6-3-2-4-7-21)12-8-22(24)23(18-27)25(30-26)28-9-5-11-31-13-16-34-17-14-31/h2-4,6-7H,5,8-17,19-20H2,1H3,(H2,28,29,30). The predicted molar refractivity (Wildman–Crippen MR) is 134 cm³/mol. The molecule has 0 aliphatic carbocycles. The quantitative estimate of drug-likeness (QED) is 0.491. The van der Waals surface area contributed by atoms with E-state index in [-0.39, 0.29) is 0 Å². The Morgan fingerprint density at radius 1 is 1.03 bits per heavy atom. The van der Waals surface area contributed by atoms with Gasteiger partial charge in [-0.3, -0.25) is 9.80 Å². The molecule has 4 rings (SSSR count). The minimum atomic E-state index is 0.604. The Kier molecular flexibility index (Phi) is 9.11. The average Bonchev–Trinajstić information content (AvgIpc) is 2.88. The van der Waals surface area contributed by atoms with Gasteiger partial charge in [-0.25, -0.2) is 4.98 Å². The zero-order valence-electron chi connectivity index (χ0n) is 20.2. The third-order valence-electron chi connectivity index (χ3n) is 6.48. The van der Waals surface area contributed by atoms with Crippen LogP contribution in [0.25, 0.3) is 0 Å². The fraction of sp³-hybridized carbons (Fsp3) is 0.538. The Labute approximate surface area is 202 Å². The van der Waals surface area contributed by atoms with Crippen molar-refractivity contribution in [2.45, 2.75) is 25.9 Å². The van der Waals surface area contributed by atoms with Crippen LogP contribution in [-0.2, 0) is 29.0 Å². The van der Waals surface area contributed by atoms with Gasteiger partial charge in [0.15, 0.2) is 0 Å². The summed E-state index contributed by atoms with van der Waals surface area (Å²) in [5, 5.41) is 17.0. The van der Waals surface area contributed by atoms with E-state index >= 15 is 0 Å². The first kappa shape index (κ1) is 24.4. The molecule has 2 aliphatic rings. The first-order valence-corrected chi connectivity index (χ1v) is 12.3. The van der Waals surface area contributed by atoms with Crippen molar-refractivity contribution in [2.24, 2.45) is 0 Å². The lowest BCUT2D eigenvalue weighted by Crippen LogP contribution is -2.37. The first-order chi connectivity index (χ1) is 16.8. The third kappa shape index (κ3) is 6.45. The fourth-order valence-electron chi connectivity index (χ4n) is 4.67. The average molecular weight is 465 g/mol. The van der Waals surface area contributed by atoms with Crippen LogP contribution < -0.4 is 10.6 Å². The Balaban J connectivity index is 1.48. The van der Waals surface area contributed by atoms with E-state index in [1.54, 1.807) is 7.11 Å². The van der Waals surface area contributed by atoms with Crippen LogP contribution >= 0.6 is 0 Å². The number of hydrogen-bond donors (Lipinski definition) is 2. The molecule has 34 heavy (non-hydrogen) atoms. The van der Waals surface area contributed by atoms with Gasteiger partial charge in [0.2, 0.25) is 0 Å². The molecular weight excluding hydrogens is 428 g/mol. The number of ether oxygens (including phenoxy) is 2. The van der Waals surface area contributed by atoms with E-state index in [1.165, 1.54) is 5.56 Å². The molecule has 1 fully saturated rings. The van der Waals surface area contributed by atoms with Crippen molar-refractivity contribution in [3.63, 3.8) is 0 Å². The van der Waals surface area contributed by atoms with Crippen molar-refractivity contribution in [3.05, 3.63) is 52.6 Å². The number of methoxy groups -OCH3 is 1. The van der Waals surface area contributed by atoms with Crippen LogP contribution in [0.2, 0.25) is 0 Å². The topological polar surface area (TPSA) is 85.7 Å². The lowest BCUT2D eigenvalue weighted by molar-refractivity contribution is 0.0378. The molecule has 8 heteroatoms. The zero-order chi connectivity index (χ0) is 23.6. The van der Waals surface area contributed by atoms with Gasteiger partial charge < -0.3 is 20.1 Å². The number of nitrogens with zero attached hydrogens (tertiary/aromatic N) is 4. The van der Waals surface area contributed by atoms with Crippen molar-refractivity contribution in [3.8, 4) is 6.07 Å². The van der Waals surface area contributed by atoms with Crippen LogP contribution in [0.15, 0.2) is 30.3 Å². The van der Waals surface area contributed by atoms with E-state index in [2.05, 4.69) is 50.8 Å². The lowest BCUT2D eigenvalue weighted by atomic mass is 9.95. The number of morpholine rings is 1. The molecule has 0 amide bonds. The van der Waals surface area contributed by atoms with Crippen molar-refractivity contribution in [2.75, 3.05) is 76.8 Å². The SMILES string of the molecule is COCCNc1nc(NCCCN2CCOCC2)c(C#N)c2c1CN(Cc1ccccc1)CC2. The van der Waals surface area contributed by atoms with E-state index in [0.29, 0.717) is 24.5 Å². The molecule has 1 aromatic carbocycles. The van der Waals surface area contributed by atoms with E-state index in [4.69, 9.17) is 14.5 Å². The number of aromatic nitrogens is 1. The molecule has 0 unspecified atom stereocenters. The number of nitriles is 1. The number of fused-ring (bicyclic) bond motifs is 1. The summed E-state index contributed by atoms with van der Waals surface area (Å²) >= 11 is 0. The van der Waals surface area contributed by atoms with Crippen LogP contribution in [0.4, 0.5) is 11.6 Å². The second-order valence-electron chi connectivity index (χ2n) is 8.85. The van der Waals surface area contributed by atoms with Gasteiger partial charge in [0.05, 0.1) is 25.4 Å². The summed E-state index contributed by atoms with van der Waals surface area (Å²) in [5.41, 5.74) is 4.25. The van der Waals surface area contributed by atoms with Crippen molar-refractivity contribution >= 4 is 11.6 Å². The van der Waals surface area contributed by atoms with Crippen molar-refractivity contribution < 1.29 is 9.47 Å². The van der Waals surface area contributed by atoms with Crippen LogP contribution in [0.5, 0.6) is 0 Å². The summed E-state index contributed by atoms with van der Waals surface area (Å²) in [6.45, 7) is 9.30. The Morgan fingerprint density at radius 3 is 2.59 bits per heavy atom. The summed E-state index contributed by atoms with van der Waals surface area (Å²) in [6, 6.07) is 13.0. The predicted octanol–water partition coefficient (Wildman–Crippen LogP) is 2.70. The highest BCUT2D eigenvalue weighted by molar-refractivity contribution is 5.66. The molecule has 2 N–H and O–H groups in total. The summed E-state index contributed by atoms with van der Waals surface area (Å²) < 4.78 is 10.7. The number of rotatable bonds is 11. The molecule has 182 valence electrons. The van der Waals surface area contributed by atoms with Gasteiger partial charge in [-0.2, -0.15) is 5.26 Å². The Morgan fingerprint density at radius 2 is 1.82 bits per heavy atom. The molecule has 2 aliphatic heterocycles. The zero-order valence-corrected chi connectivity index (χ0v) is 20.2. The van der Waals surface area contributed by atoms with Crippen LogP contribution in [0.1, 0.15) is 28.7 Å². The maximum atomic E-state index is 10.0. The number of pyridine rings is 1. The molecule has 0 saturated carbocycles. The number of anilines is 2. The van der Waals surface area contributed by atoms with Crippen LogP contribution in [0.3, 0.4) is 0 Å². The normalized spacial score (nSPS) is 16.6. The molecule has 2 aromatic rings. The summed E-state index contributed by atoms with van der Waals surface area (Å²) in [5.74, 6) is 1.55. The number of benzene rings is 1. The second kappa shape index (κ2) is 12.7. The minimum absolute atomic E-state index is 0.604. The van der Waals surface area contributed by atoms with E-state index in [1.807, 2.05) is 6.07 Å². The van der Waals surface area contributed by atoms with Gasteiger partial charge in [0.25, 0.3) is 0 Å². The Hall–Kier alpha value is -2.70. The number of hydrogen-bond acceptors (Lipinski definition) is 8. The molecular formula is C26H36N6O2. The summed E-state index contributed by atoms with van der Waals surface area (Å²) in [6.07, 6.45) is 1.84. The molecule has 0 bridgehead atoms. The summed E-state index contributed by atoms with van der Waals surface area (Å²) in [4.78, 5) is 9.75. The minimum Gasteiger partial charge on any atom is -0.383 e. The van der Waals surface area contributed by atoms with Gasteiger partial charge >= 0.3 is 0 Å². The van der Waals surface area contributed by atoms with Crippen LogP contribution in [0, 0.1) is 11.3 Å². The van der Waals surface area contributed by atoms with E-state index in [9.17, 15) is 5.26 Å². The second-order valence-corrected chi connectivity index (χ2v) is 8.85. The number of nitrogens with one attached hydrogen (secondary N) is 2. The third-order valence-corrected chi connectivity index (χ3v) is 6.48. The molecule has 8 nitrogen and oxygen atoms in total. The van der Waals surface area contributed by atoms with Gasteiger partial charge in [0.1, 0.15) is 17.7 Å².